The third kappa shape index (κ3) is 3.51. The average Bonchev–Trinajstić information content (AvgIpc) is 2.45. The van der Waals surface area contributed by atoms with E-state index in [1.54, 1.807) is 6.07 Å². The first-order valence-electron chi connectivity index (χ1n) is 6.39. The number of thiocarbonyl (C=S) groups is 1. The van der Waals surface area contributed by atoms with Crippen LogP contribution in [0.5, 0.6) is 0 Å². The Morgan fingerprint density at radius 2 is 2.35 bits per heavy atom. The van der Waals surface area contributed by atoms with E-state index in [4.69, 9.17) is 23.1 Å². The van der Waals surface area contributed by atoms with Crippen LogP contribution in [0.15, 0.2) is 23.4 Å². The highest BCUT2D eigenvalue weighted by Crippen LogP contribution is 2.30. The number of nitrogens with zero attached hydrogens (tertiary/aromatic N) is 2. The molecule has 0 aromatic carbocycles. The summed E-state index contributed by atoms with van der Waals surface area (Å²) in [4.78, 5) is 15.3. The lowest BCUT2D eigenvalue weighted by Crippen LogP contribution is -2.28. The summed E-state index contributed by atoms with van der Waals surface area (Å²) in [6.07, 6.45) is 5.36. The summed E-state index contributed by atoms with van der Waals surface area (Å²) < 4.78 is 0. The number of nitrogens with one attached hydrogen (secondary N) is 1. The fraction of sp³-hybridized carbons (Fsp3) is 0.385. The van der Waals surface area contributed by atoms with Crippen molar-refractivity contribution < 1.29 is 9.90 Å². The van der Waals surface area contributed by atoms with E-state index >= 15 is 0 Å². The maximum absolute atomic E-state index is 11.0. The number of carboxylic acid groups (broad SMARTS) is 1. The molecule has 20 heavy (non-hydrogen) atoms. The zero-order valence-corrected chi connectivity index (χ0v) is 11.7. The van der Waals surface area contributed by atoms with Gasteiger partial charge in [0.05, 0.1) is 5.56 Å². The number of aromatic carboxylic acids is 1. The van der Waals surface area contributed by atoms with Crippen LogP contribution in [0.1, 0.15) is 47.7 Å². The molecule has 4 N–H and O–H groups in total. The summed E-state index contributed by atoms with van der Waals surface area (Å²) in [5.74, 6) is -0.936. The van der Waals surface area contributed by atoms with Crippen molar-refractivity contribution >= 4 is 29.0 Å². The first-order valence-corrected chi connectivity index (χ1v) is 6.80. The minimum Gasteiger partial charge on any atom is -0.478 e. The predicted octanol–water partition coefficient (Wildman–Crippen LogP) is 1.63. The Bertz CT molecular complexity index is 559. The SMILES string of the molecule is NC(=S)N/N=C1/CCCCC1c1cc(C(=O)O)ccn1. The molecule has 1 aliphatic rings. The molecule has 106 valence electrons. The number of hydrogen-bond acceptors (Lipinski definition) is 4. The van der Waals surface area contributed by atoms with Gasteiger partial charge in [0.2, 0.25) is 0 Å². The maximum atomic E-state index is 11.0. The van der Waals surface area contributed by atoms with Crippen LogP contribution in [0.4, 0.5) is 0 Å². The third-order valence-corrected chi connectivity index (χ3v) is 3.36. The Kier molecular flexibility index (Phi) is 4.62. The van der Waals surface area contributed by atoms with Crippen LogP contribution in [0.3, 0.4) is 0 Å². The zero-order chi connectivity index (χ0) is 14.5. The van der Waals surface area contributed by atoms with Crippen LogP contribution in [-0.2, 0) is 0 Å². The molecule has 1 aliphatic carbocycles. The maximum Gasteiger partial charge on any atom is 0.335 e. The second-order valence-electron chi connectivity index (χ2n) is 4.65. The van der Waals surface area contributed by atoms with E-state index in [1.807, 2.05) is 0 Å². The lowest BCUT2D eigenvalue weighted by atomic mass is 9.84. The quantitative estimate of drug-likeness (QED) is 0.578. The van der Waals surface area contributed by atoms with E-state index in [0.29, 0.717) is 0 Å². The van der Waals surface area contributed by atoms with Crippen molar-refractivity contribution in [1.82, 2.24) is 10.4 Å². The highest BCUT2D eigenvalue weighted by Gasteiger charge is 2.24. The molecule has 2 rings (SSSR count). The molecule has 0 saturated heterocycles. The normalized spacial score (nSPS) is 20.6. The van der Waals surface area contributed by atoms with Gasteiger partial charge in [0.1, 0.15) is 0 Å². The van der Waals surface area contributed by atoms with Gasteiger partial charge in [-0.2, -0.15) is 5.10 Å². The number of carbonyl (C=O) groups is 1. The Morgan fingerprint density at radius 3 is 3.05 bits per heavy atom. The summed E-state index contributed by atoms with van der Waals surface area (Å²) in [5, 5.41) is 13.4. The summed E-state index contributed by atoms with van der Waals surface area (Å²) in [6.45, 7) is 0. The van der Waals surface area contributed by atoms with Gasteiger partial charge in [-0.15, -0.1) is 0 Å². The zero-order valence-electron chi connectivity index (χ0n) is 10.9. The van der Waals surface area contributed by atoms with Crippen molar-refractivity contribution in [2.75, 3.05) is 0 Å². The largest absolute Gasteiger partial charge is 0.478 e. The van der Waals surface area contributed by atoms with Crippen molar-refractivity contribution in [1.29, 1.82) is 0 Å². The van der Waals surface area contributed by atoms with Crippen LogP contribution >= 0.6 is 12.2 Å². The highest BCUT2D eigenvalue weighted by atomic mass is 32.1. The first-order chi connectivity index (χ1) is 9.58. The van der Waals surface area contributed by atoms with E-state index in [0.717, 1.165) is 37.1 Å². The molecule has 0 radical (unpaired) electrons. The van der Waals surface area contributed by atoms with E-state index in [2.05, 4.69) is 15.5 Å². The van der Waals surface area contributed by atoms with Gasteiger partial charge >= 0.3 is 5.97 Å². The summed E-state index contributed by atoms with van der Waals surface area (Å²) >= 11 is 4.74. The van der Waals surface area contributed by atoms with Gasteiger partial charge in [-0.1, -0.05) is 6.42 Å². The number of aromatic nitrogens is 1. The highest BCUT2D eigenvalue weighted by molar-refractivity contribution is 7.80. The molecule has 0 spiro atoms. The Balaban J connectivity index is 2.27. The van der Waals surface area contributed by atoms with Crippen molar-refractivity contribution in [3.05, 3.63) is 29.6 Å². The van der Waals surface area contributed by atoms with Crippen LogP contribution in [0, 0.1) is 0 Å². The smallest absolute Gasteiger partial charge is 0.335 e. The Labute approximate surface area is 122 Å². The summed E-state index contributed by atoms with van der Waals surface area (Å²) in [5.41, 5.74) is 9.87. The molecular weight excluding hydrogens is 276 g/mol. The van der Waals surface area contributed by atoms with Gasteiger partial charge < -0.3 is 10.8 Å². The Morgan fingerprint density at radius 1 is 1.55 bits per heavy atom. The van der Waals surface area contributed by atoms with Gasteiger partial charge in [0, 0.05) is 23.5 Å². The molecule has 1 heterocycles. The fourth-order valence-electron chi connectivity index (χ4n) is 2.35. The Hall–Kier alpha value is -2.02. The lowest BCUT2D eigenvalue weighted by molar-refractivity contribution is 0.0696. The minimum atomic E-state index is -0.954. The van der Waals surface area contributed by atoms with Crippen molar-refractivity contribution in [3.63, 3.8) is 0 Å². The van der Waals surface area contributed by atoms with Crippen LogP contribution in [-0.4, -0.2) is 26.9 Å². The second kappa shape index (κ2) is 6.42. The van der Waals surface area contributed by atoms with Crippen molar-refractivity contribution in [2.24, 2.45) is 10.8 Å². The second-order valence-corrected chi connectivity index (χ2v) is 5.09. The van der Waals surface area contributed by atoms with E-state index in [1.165, 1.54) is 12.3 Å². The van der Waals surface area contributed by atoms with E-state index in [9.17, 15) is 4.79 Å². The van der Waals surface area contributed by atoms with Gasteiger partial charge in [-0.25, -0.2) is 4.79 Å². The molecule has 1 aromatic rings. The van der Waals surface area contributed by atoms with Crippen LogP contribution < -0.4 is 11.2 Å². The third-order valence-electron chi connectivity index (χ3n) is 3.27. The van der Waals surface area contributed by atoms with Crippen LogP contribution in [0.25, 0.3) is 0 Å². The molecule has 7 heteroatoms. The molecular formula is C13H16N4O2S. The first kappa shape index (κ1) is 14.4. The molecule has 0 aliphatic heterocycles. The molecule has 6 nitrogen and oxygen atoms in total. The summed E-state index contributed by atoms with van der Waals surface area (Å²) in [7, 11) is 0. The number of carboxylic acids is 1. The molecule has 1 unspecified atom stereocenters. The molecule has 0 bridgehead atoms. The number of nitrogens with two attached hydrogens (primary N) is 1. The molecule has 1 aromatic heterocycles. The average molecular weight is 292 g/mol. The molecule has 1 saturated carbocycles. The summed E-state index contributed by atoms with van der Waals surface area (Å²) in [6, 6.07) is 3.09. The monoisotopic (exact) mass is 292 g/mol. The van der Waals surface area contributed by atoms with Gasteiger partial charge in [-0.3, -0.25) is 10.4 Å². The number of pyridine rings is 1. The molecule has 1 fully saturated rings. The van der Waals surface area contributed by atoms with Gasteiger partial charge in [0.15, 0.2) is 5.11 Å². The van der Waals surface area contributed by atoms with E-state index in [-0.39, 0.29) is 16.6 Å². The number of hydrazone groups is 1. The topological polar surface area (TPSA) is 101 Å². The fourth-order valence-corrected chi connectivity index (χ4v) is 2.39. The molecule has 0 amide bonds. The van der Waals surface area contributed by atoms with Crippen LogP contribution in [0.2, 0.25) is 0 Å². The number of hydrogen-bond donors (Lipinski definition) is 3. The van der Waals surface area contributed by atoms with Crippen molar-refractivity contribution in [2.45, 2.75) is 31.6 Å². The van der Waals surface area contributed by atoms with Gasteiger partial charge in [-0.05, 0) is 43.6 Å². The van der Waals surface area contributed by atoms with Crippen molar-refractivity contribution in [3.8, 4) is 0 Å². The minimum absolute atomic E-state index is 0.0184. The van der Waals surface area contributed by atoms with E-state index < -0.39 is 5.97 Å². The standard InChI is InChI=1S/C13H16N4O2S/c14-13(20)17-16-10-4-2-1-3-9(10)11-7-8(12(18)19)5-6-15-11/h5-7,9H,1-4H2,(H,18,19)(H3,14,17,20)/b16-10-. The lowest BCUT2D eigenvalue weighted by Gasteiger charge is -2.23. The molecule has 1 atom stereocenters. The van der Waals surface area contributed by atoms with Gasteiger partial charge in [0.25, 0.3) is 0 Å². The predicted molar refractivity (Wildman–Crippen MR) is 79.8 cm³/mol. The number of rotatable bonds is 3.